The van der Waals surface area contributed by atoms with Crippen LogP contribution in [0.4, 0.5) is 0 Å². The molecule has 4 heteroatoms. The van der Waals surface area contributed by atoms with Gasteiger partial charge in [-0.3, -0.25) is 4.21 Å². The molecule has 0 radical (unpaired) electrons. The van der Waals surface area contributed by atoms with Gasteiger partial charge in [0.05, 0.1) is 21.0 Å². The first-order chi connectivity index (χ1) is 8.16. The van der Waals surface area contributed by atoms with Crippen molar-refractivity contribution >= 4 is 32.4 Å². The third kappa shape index (κ3) is 3.23. The predicted octanol–water partition coefficient (Wildman–Crippen LogP) is 3.76. The zero-order valence-electron chi connectivity index (χ0n) is 9.81. The summed E-state index contributed by atoms with van der Waals surface area (Å²) in [6.45, 7) is 5.85. The third-order valence-electron chi connectivity index (χ3n) is 2.40. The number of para-hydroxylation sites is 1. The van der Waals surface area contributed by atoms with Gasteiger partial charge in [0.25, 0.3) is 0 Å². The number of thiazole rings is 1. The lowest BCUT2D eigenvalue weighted by Gasteiger charge is -1.98. The Morgan fingerprint density at radius 2 is 2.24 bits per heavy atom. The first-order valence-electron chi connectivity index (χ1n) is 5.55. The smallest absolute Gasteiger partial charge is 0.181 e. The second-order valence-corrected chi connectivity index (χ2v) is 6.83. The van der Waals surface area contributed by atoms with E-state index in [-0.39, 0.29) is 0 Å². The normalized spacial score (nSPS) is 12.8. The summed E-state index contributed by atoms with van der Waals surface area (Å²) < 4.78 is 13.9. The lowest BCUT2D eigenvalue weighted by molar-refractivity contribution is 0.679. The first-order valence-corrected chi connectivity index (χ1v) is 7.68. The summed E-state index contributed by atoms with van der Waals surface area (Å²) >= 11 is 1.53. The van der Waals surface area contributed by atoms with E-state index >= 15 is 0 Å². The molecule has 0 aliphatic carbocycles. The van der Waals surface area contributed by atoms with Crippen molar-refractivity contribution in [2.45, 2.75) is 24.1 Å². The Labute approximate surface area is 108 Å². The molecule has 2 rings (SSSR count). The molecule has 0 N–H and O–H groups in total. The molecule has 0 bridgehead atoms. The number of fused-ring (bicyclic) bond motifs is 1. The van der Waals surface area contributed by atoms with Gasteiger partial charge in [-0.05, 0) is 31.9 Å². The minimum Gasteiger partial charge on any atom is -0.252 e. The summed E-state index contributed by atoms with van der Waals surface area (Å²) in [6.07, 6.45) is 1.86. The lowest BCUT2D eigenvalue weighted by atomic mass is 10.2. The fraction of sp³-hybridized carbons (Fsp3) is 0.308. The van der Waals surface area contributed by atoms with Gasteiger partial charge in [0.1, 0.15) is 0 Å². The molecule has 0 unspecified atom stereocenters. The Hall–Kier alpha value is -1.00. The summed E-state index contributed by atoms with van der Waals surface area (Å²) in [5.41, 5.74) is 2.09. The number of rotatable bonds is 5. The van der Waals surface area contributed by atoms with Crippen LogP contribution in [0.2, 0.25) is 0 Å². The highest BCUT2D eigenvalue weighted by molar-refractivity contribution is 7.87. The van der Waals surface area contributed by atoms with Crippen molar-refractivity contribution in [3.8, 4) is 0 Å². The maximum atomic E-state index is 12.0. The molecule has 0 aliphatic heterocycles. The van der Waals surface area contributed by atoms with Crippen LogP contribution in [0, 0.1) is 0 Å². The number of hydrogen-bond acceptors (Lipinski definition) is 3. The average Bonchev–Trinajstić information content (AvgIpc) is 2.71. The Bertz CT molecular complexity index is 526. The summed E-state index contributed by atoms with van der Waals surface area (Å²) in [4.78, 5) is 4.41. The van der Waals surface area contributed by atoms with Crippen molar-refractivity contribution in [1.82, 2.24) is 4.98 Å². The van der Waals surface area contributed by atoms with Gasteiger partial charge in [0, 0.05) is 5.75 Å². The molecule has 90 valence electrons. The molecule has 1 heterocycles. The minimum atomic E-state index is -0.966. The Morgan fingerprint density at radius 3 is 2.94 bits per heavy atom. The van der Waals surface area contributed by atoms with E-state index in [0.29, 0.717) is 5.75 Å². The van der Waals surface area contributed by atoms with E-state index in [1.807, 2.05) is 31.2 Å². The second kappa shape index (κ2) is 5.56. The highest BCUT2D eigenvalue weighted by atomic mass is 32.2. The van der Waals surface area contributed by atoms with Gasteiger partial charge in [-0.25, -0.2) is 4.98 Å². The molecule has 0 saturated heterocycles. The van der Waals surface area contributed by atoms with Crippen LogP contribution in [0.5, 0.6) is 0 Å². The van der Waals surface area contributed by atoms with E-state index < -0.39 is 10.8 Å². The van der Waals surface area contributed by atoms with E-state index in [0.717, 1.165) is 33.0 Å². The van der Waals surface area contributed by atoms with Crippen LogP contribution in [-0.4, -0.2) is 14.9 Å². The van der Waals surface area contributed by atoms with Crippen molar-refractivity contribution in [3.05, 3.63) is 36.4 Å². The minimum absolute atomic E-state index is 0.673. The van der Waals surface area contributed by atoms with Crippen LogP contribution in [0.1, 0.15) is 19.8 Å². The van der Waals surface area contributed by atoms with E-state index in [4.69, 9.17) is 0 Å². The zero-order chi connectivity index (χ0) is 12.3. The first kappa shape index (κ1) is 12.5. The molecule has 0 saturated carbocycles. The van der Waals surface area contributed by atoms with Gasteiger partial charge in [-0.1, -0.05) is 17.7 Å². The topological polar surface area (TPSA) is 30.0 Å². The maximum absolute atomic E-state index is 12.0. The molecule has 1 aromatic carbocycles. The highest BCUT2D eigenvalue weighted by Gasteiger charge is 2.09. The zero-order valence-corrected chi connectivity index (χ0v) is 11.4. The van der Waals surface area contributed by atoms with Gasteiger partial charge in [0.15, 0.2) is 4.34 Å². The van der Waals surface area contributed by atoms with E-state index in [1.54, 1.807) is 0 Å². The molecule has 0 spiro atoms. The van der Waals surface area contributed by atoms with Crippen LogP contribution in [0.25, 0.3) is 10.2 Å². The maximum Gasteiger partial charge on any atom is 0.181 e. The van der Waals surface area contributed by atoms with Crippen LogP contribution in [0.3, 0.4) is 0 Å². The van der Waals surface area contributed by atoms with Crippen LogP contribution in [0.15, 0.2) is 40.8 Å². The number of aromatic nitrogens is 1. The molecule has 1 atom stereocenters. The van der Waals surface area contributed by atoms with Crippen molar-refractivity contribution in [1.29, 1.82) is 0 Å². The molecule has 2 aromatic rings. The molecule has 1 aromatic heterocycles. The van der Waals surface area contributed by atoms with Crippen LogP contribution in [-0.2, 0) is 10.8 Å². The fourth-order valence-electron chi connectivity index (χ4n) is 1.54. The quantitative estimate of drug-likeness (QED) is 0.770. The number of allylic oxidation sites excluding steroid dienone is 1. The Morgan fingerprint density at radius 1 is 1.47 bits per heavy atom. The van der Waals surface area contributed by atoms with E-state index in [9.17, 15) is 4.21 Å². The molecular weight excluding hydrogens is 250 g/mol. The van der Waals surface area contributed by atoms with Crippen LogP contribution < -0.4 is 0 Å². The Kier molecular flexibility index (Phi) is 4.07. The summed E-state index contributed by atoms with van der Waals surface area (Å²) in [6, 6.07) is 7.91. The number of hydrogen-bond donors (Lipinski definition) is 0. The molecular formula is C13H15NOS2. The molecule has 2 nitrogen and oxygen atoms in total. The van der Waals surface area contributed by atoms with Gasteiger partial charge in [-0.2, -0.15) is 0 Å². The SMILES string of the molecule is C=C(C)CCC[S@@](=O)c1nc2ccccc2s1. The summed E-state index contributed by atoms with van der Waals surface area (Å²) in [5, 5.41) is 0. The average molecular weight is 265 g/mol. The molecule has 17 heavy (non-hydrogen) atoms. The van der Waals surface area contributed by atoms with Crippen molar-refractivity contribution < 1.29 is 4.21 Å². The van der Waals surface area contributed by atoms with Gasteiger partial charge in [-0.15, -0.1) is 17.9 Å². The Balaban J connectivity index is 2.06. The van der Waals surface area contributed by atoms with Crippen molar-refractivity contribution in [3.63, 3.8) is 0 Å². The van der Waals surface area contributed by atoms with Gasteiger partial charge < -0.3 is 0 Å². The number of benzene rings is 1. The molecule has 0 fully saturated rings. The van der Waals surface area contributed by atoms with Crippen molar-refractivity contribution in [2.24, 2.45) is 0 Å². The lowest BCUT2D eigenvalue weighted by Crippen LogP contribution is -1.97. The van der Waals surface area contributed by atoms with Crippen molar-refractivity contribution in [2.75, 3.05) is 5.75 Å². The molecule has 0 aliphatic rings. The predicted molar refractivity (Wildman–Crippen MR) is 74.9 cm³/mol. The van der Waals surface area contributed by atoms with E-state index in [2.05, 4.69) is 11.6 Å². The molecule has 0 amide bonds. The standard InChI is InChI=1S/C13H15NOS2/c1-10(2)6-5-9-17(15)13-14-11-7-3-4-8-12(11)16-13/h3-4,7-8H,1,5-6,9H2,2H3/t17-/m1/s1. The second-order valence-electron chi connectivity index (χ2n) is 4.06. The third-order valence-corrected chi connectivity index (χ3v) is 5.18. The highest BCUT2D eigenvalue weighted by Crippen LogP contribution is 2.24. The van der Waals surface area contributed by atoms with Crippen LogP contribution >= 0.6 is 11.3 Å². The monoisotopic (exact) mass is 265 g/mol. The van der Waals surface area contributed by atoms with E-state index in [1.165, 1.54) is 11.3 Å². The van der Waals surface area contributed by atoms with Gasteiger partial charge >= 0.3 is 0 Å². The van der Waals surface area contributed by atoms with Gasteiger partial charge in [0.2, 0.25) is 0 Å². The summed E-state index contributed by atoms with van der Waals surface area (Å²) in [5.74, 6) is 0.673. The largest absolute Gasteiger partial charge is 0.252 e. The number of nitrogens with zero attached hydrogens (tertiary/aromatic N) is 1. The fourth-order valence-corrected chi connectivity index (χ4v) is 3.91. The summed E-state index contributed by atoms with van der Waals surface area (Å²) in [7, 11) is -0.966.